The second-order valence-electron chi connectivity index (χ2n) is 5.17. The summed E-state index contributed by atoms with van der Waals surface area (Å²) in [5.74, 6) is 1.80. The highest BCUT2D eigenvalue weighted by atomic mass is 16.5. The van der Waals surface area contributed by atoms with Gasteiger partial charge in [-0.05, 0) is 12.8 Å². The van der Waals surface area contributed by atoms with Crippen molar-refractivity contribution in [3.8, 4) is 11.8 Å². The molecule has 110 valence electrons. The number of rotatable bonds is 4. The second kappa shape index (κ2) is 5.41. The van der Waals surface area contributed by atoms with E-state index >= 15 is 0 Å². The van der Waals surface area contributed by atoms with Gasteiger partial charge in [0, 0.05) is 18.6 Å². The van der Waals surface area contributed by atoms with Gasteiger partial charge in [-0.1, -0.05) is 0 Å². The fourth-order valence-corrected chi connectivity index (χ4v) is 2.95. The highest BCUT2D eigenvalue weighted by molar-refractivity contribution is 5.37. The van der Waals surface area contributed by atoms with Crippen LogP contribution < -0.4 is 20.5 Å². The smallest absolute Gasteiger partial charge is 0.229 e. The van der Waals surface area contributed by atoms with E-state index in [0.29, 0.717) is 23.6 Å². The van der Waals surface area contributed by atoms with E-state index in [1.807, 2.05) is 0 Å². The van der Waals surface area contributed by atoms with Gasteiger partial charge in [0.15, 0.2) is 0 Å². The van der Waals surface area contributed by atoms with E-state index in [1.165, 1.54) is 0 Å². The van der Waals surface area contributed by atoms with Crippen LogP contribution in [0.4, 0.5) is 5.95 Å². The summed E-state index contributed by atoms with van der Waals surface area (Å²) in [5.41, 5.74) is 6.21. The van der Waals surface area contributed by atoms with Crippen molar-refractivity contribution in [1.29, 1.82) is 0 Å². The number of hydrogen-bond acceptors (Lipinski definition) is 7. The van der Waals surface area contributed by atoms with Gasteiger partial charge in [-0.15, -0.1) is 0 Å². The van der Waals surface area contributed by atoms with Gasteiger partial charge >= 0.3 is 0 Å². The number of hydrogen-bond donors (Lipinski definition) is 2. The molecule has 0 aromatic carbocycles. The molecule has 3 N–H and O–H groups in total. The average molecular weight is 280 g/mol. The number of methoxy groups -OCH3 is 2. The van der Waals surface area contributed by atoms with Gasteiger partial charge in [0.1, 0.15) is 0 Å². The molecule has 2 aliphatic rings. The Kier molecular flexibility index (Phi) is 3.62. The molecule has 0 bridgehead atoms. The Morgan fingerprint density at radius 3 is 2.65 bits per heavy atom. The topological polar surface area (TPSA) is 91.5 Å². The molecule has 3 rings (SSSR count). The number of nitrogens with zero attached hydrogens (tertiary/aromatic N) is 2. The first-order chi connectivity index (χ1) is 9.72. The van der Waals surface area contributed by atoms with Crippen molar-refractivity contribution in [3.63, 3.8) is 0 Å². The van der Waals surface area contributed by atoms with Crippen molar-refractivity contribution in [3.05, 3.63) is 6.07 Å². The van der Waals surface area contributed by atoms with E-state index in [9.17, 15) is 0 Å². The van der Waals surface area contributed by atoms with Crippen LogP contribution in [0, 0.1) is 5.92 Å². The van der Waals surface area contributed by atoms with Gasteiger partial charge < -0.3 is 25.3 Å². The van der Waals surface area contributed by atoms with Crippen molar-refractivity contribution >= 4 is 5.95 Å². The highest BCUT2D eigenvalue weighted by Gasteiger charge is 2.50. The molecule has 4 atom stereocenters. The van der Waals surface area contributed by atoms with Crippen LogP contribution in [0.1, 0.15) is 12.8 Å². The zero-order chi connectivity index (χ0) is 14.1. The quantitative estimate of drug-likeness (QED) is 0.825. The number of ether oxygens (including phenoxy) is 3. The molecule has 7 heteroatoms. The molecule has 1 aromatic rings. The molecule has 20 heavy (non-hydrogen) atoms. The van der Waals surface area contributed by atoms with E-state index in [4.69, 9.17) is 19.9 Å². The van der Waals surface area contributed by atoms with Gasteiger partial charge in [-0.25, -0.2) is 0 Å². The van der Waals surface area contributed by atoms with Crippen LogP contribution in [0.15, 0.2) is 6.07 Å². The molecule has 1 aliphatic carbocycles. The van der Waals surface area contributed by atoms with Crippen LogP contribution in [-0.2, 0) is 4.74 Å². The van der Waals surface area contributed by atoms with Gasteiger partial charge in [-0.2, -0.15) is 9.97 Å². The molecule has 2 heterocycles. The third kappa shape index (κ3) is 2.27. The number of fused-ring (bicyclic) bond motifs is 1. The molecule has 1 aliphatic heterocycles. The summed E-state index contributed by atoms with van der Waals surface area (Å²) in [6.45, 7) is 0.800. The standard InChI is InChI=1S/C13H20N4O3/c1-18-8-6-9(19-2)16-13(15-8)17-11-10(14)7-4-3-5-20-12(7)11/h6-7,10-12H,3-5,14H2,1-2H3,(H,15,16,17). The summed E-state index contributed by atoms with van der Waals surface area (Å²) < 4.78 is 16.0. The maximum absolute atomic E-state index is 6.21. The average Bonchev–Trinajstić information content (AvgIpc) is 2.51. The molecule has 0 spiro atoms. The number of nitrogens with two attached hydrogens (primary N) is 1. The summed E-state index contributed by atoms with van der Waals surface area (Å²) in [5, 5.41) is 3.24. The second-order valence-corrected chi connectivity index (χ2v) is 5.17. The van der Waals surface area contributed by atoms with E-state index in [1.54, 1.807) is 20.3 Å². The SMILES string of the molecule is COc1cc(OC)nc(NC2C(N)C3CCCOC32)n1. The summed E-state index contributed by atoms with van der Waals surface area (Å²) in [4.78, 5) is 8.52. The molecule has 1 saturated heterocycles. The lowest BCUT2D eigenvalue weighted by molar-refractivity contribution is -0.104. The summed E-state index contributed by atoms with van der Waals surface area (Å²) in [7, 11) is 3.11. The molecule has 0 radical (unpaired) electrons. The predicted molar refractivity (Wildman–Crippen MR) is 73.0 cm³/mol. The largest absolute Gasteiger partial charge is 0.481 e. The van der Waals surface area contributed by atoms with Crippen molar-refractivity contribution < 1.29 is 14.2 Å². The minimum Gasteiger partial charge on any atom is -0.481 e. The third-order valence-corrected chi connectivity index (χ3v) is 4.07. The first-order valence-electron chi connectivity index (χ1n) is 6.83. The zero-order valence-corrected chi connectivity index (χ0v) is 11.7. The molecule has 2 fully saturated rings. The van der Waals surface area contributed by atoms with Gasteiger partial charge in [0.25, 0.3) is 0 Å². The molecule has 1 saturated carbocycles. The van der Waals surface area contributed by atoms with Gasteiger partial charge in [0.05, 0.1) is 32.4 Å². The Hall–Kier alpha value is -1.60. The summed E-state index contributed by atoms with van der Waals surface area (Å²) in [6.07, 6.45) is 2.37. The van der Waals surface area contributed by atoms with E-state index in [0.717, 1.165) is 19.4 Å². The first kappa shape index (κ1) is 13.4. The Morgan fingerprint density at radius 1 is 1.30 bits per heavy atom. The van der Waals surface area contributed by atoms with Gasteiger partial charge in [-0.3, -0.25) is 0 Å². The van der Waals surface area contributed by atoms with Crippen molar-refractivity contribution in [2.75, 3.05) is 26.1 Å². The lowest BCUT2D eigenvalue weighted by atomic mass is 9.69. The van der Waals surface area contributed by atoms with Crippen molar-refractivity contribution in [1.82, 2.24) is 9.97 Å². The summed E-state index contributed by atoms with van der Waals surface area (Å²) >= 11 is 0. The van der Waals surface area contributed by atoms with Crippen LogP contribution in [0.2, 0.25) is 0 Å². The Morgan fingerprint density at radius 2 is 2.00 bits per heavy atom. The van der Waals surface area contributed by atoms with Crippen molar-refractivity contribution in [2.45, 2.75) is 31.0 Å². The summed E-state index contributed by atoms with van der Waals surface area (Å²) in [6, 6.07) is 1.74. The van der Waals surface area contributed by atoms with E-state index in [2.05, 4.69) is 15.3 Å². The lowest BCUT2D eigenvalue weighted by Gasteiger charge is -2.52. The fourth-order valence-electron chi connectivity index (χ4n) is 2.95. The maximum Gasteiger partial charge on any atom is 0.229 e. The van der Waals surface area contributed by atoms with E-state index in [-0.39, 0.29) is 18.2 Å². The first-order valence-corrected chi connectivity index (χ1v) is 6.83. The fraction of sp³-hybridized carbons (Fsp3) is 0.692. The molecule has 0 amide bonds. The number of anilines is 1. The lowest BCUT2D eigenvalue weighted by Crippen LogP contribution is -2.69. The molecule has 1 aromatic heterocycles. The molecule has 7 nitrogen and oxygen atoms in total. The minimum atomic E-state index is 0.0390. The number of nitrogens with one attached hydrogen (secondary N) is 1. The van der Waals surface area contributed by atoms with Gasteiger partial charge in [0.2, 0.25) is 17.7 Å². The van der Waals surface area contributed by atoms with Crippen LogP contribution in [0.3, 0.4) is 0 Å². The Bertz CT molecular complexity index is 462. The number of aromatic nitrogens is 2. The third-order valence-electron chi connectivity index (χ3n) is 4.07. The molecular formula is C13H20N4O3. The molecule has 4 unspecified atom stereocenters. The normalized spacial score (nSPS) is 31.9. The van der Waals surface area contributed by atoms with Crippen LogP contribution in [0.5, 0.6) is 11.8 Å². The van der Waals surface area contributed by atoms with Crippen LogP contribution in [0.25, 0.3) is 0 Å². The Balaban J connectivity index is 1.74. The minimum absolute atomic E-state index is 0.0390. The zero-order valence-electron chi connectivity index (χ0n) is 11.7. The van der Waals surface area contributed by atoms with Crippen molar-refractivity contribution in [2.24, 2.45) is 11.7 Å². The monoisotopic (exact) mass is 280 g/mol. The maximum atomic E-state index is 6.21. The molecular weight excluding hydrogens is 260 g/mol. The highest BCUT2D eigenvalue weighted by Crippen LogP contribution is 2.38. The Labute approximate surface area is 117 Å². The van der Waals surface area contributed by atoms with E-state index < -0.39 is 0 Å². The van der Waals surface area contributed by atoms with Crippen LogP contribution in [-0.4, -0.2) is 49.0 Å². The predicted octanol–water partition coefficient (Wildman–Crippen LogP) is 0.410. The van der Waals surface area contributed by atoms with Crippen LogP contribution >= 0.6 is 0 Å².